The van der Waals surface area contributed by atoms with Gasteiger partial charge in [0.15, 0.2) is 11.6 Å². The van der Waals surface area contributed by atoms with Gasteiger partial charge in [0, 0.05) is 6.42 Å². The Balaban J connectivity index is 2.12. The molecule has 1 saturated heterocycles. The quantitative estimate of drug-likeness (QED) is 0.810. The maximum absolute atomic E-state index is 14.5. The van der Waals surface area contributed by atoms with Crippen molar-refractivity contribution in [1.29, 1.82) is 0 Å². The molecule has 0 N–H and O–H groups in total. The third-order valence-electron chi connectivity index (χ3n) is 4.43. The highest BCUT2D eigenvalue weighted by Crippen LogP contribution is 2.39. The van der Waals surface area contributed by atoms with Crippen molar-refractivity contribution >= 4 is 15.8 Å². The van der Waals surface area contributed by atoms with E-state index in [1.165, 1.54) is 43.9 Å². The maximum atomic E-state index is 14.5. The van der Waals surface area contributed by atoms with Gasteiger partial charge in [-0.15, -0.1) is 4.09 Å². The van der Waals surface area contributed by atoms with Crippen LogP contribution in [0, 0.1) is 11.6 Å². The summed E-state index contributed by atoms with van der Waals surface area (Å²) in [6.07, 6.45) is -0.500. The first-order valence-electron chi connectivity index (χ1n) is 8.17. The first-order valence-corrected chi connectivity index (χ1v) is 9.61. The molecule has 26 heavy (non-hydrogen) atoms. The number of hydrogen-bond acceptors (Lipinski definition) is 4. The highest BCUT2D eigenvalue weighted by atomic mass is 32.2. The van der Waals surface area contributed by atoms with Crippen LogP contribution in [0.4, 0.5) is 19.0 Å². The second-order valence-electron chi connectivity index (χ2n) is 7.33. The molecule has 5 nitrogen and oxygen atoms in total. The zero-order valence-electron chi connectivity index (χ0n) is 14.7. The van der Waals surface area contributed by atoms with Gasteiger partial charge in [0.2, 0.25) is 0 Å². The molecule has 0 aliphatic carbocycles. The van der Waals surface area contributed by atoms with Crippen LogP contribution in [0.25, 0.3) is 0 Å². The van der Waals surface area contributed by atoms with Crippen LogP contribution in [0.2, 0.25) is 0 Å². The molecule has 2 aromatic rings. The fourth-order valence-corrected chi connectivity index (χ4v) is 4.15. The largest absolute Gasteiger partial charge is 0.343 e. The van der Waals surface area contributed by atoms with Gasteiger partial charge in [-0.1, -0.05) is 12.1 Å². The van der Waals surface area contributed by atoms with Gasteiger partial charge in [-0.25, -0.2) is 21.6 Å². The van der Waals surface area contributed by atoms with Crippen molar-refractivity contribution in [2.24, 2.45) is 0 Å². The molecule has 0 unspecified atom stereocenters. The van der Waals surface area contributed by atoms with E-state index in [0.29, 0.717) is 9.65 Å². The van der Waals surface area contributed by atoms with Crippen molar-refractivity contribution in [1.82, 2.24) is 9.19 Å². The molecule has 1 aliphatic heterocycles. The summed E-state index contributed by atoms with van der Waals surface area (Å²) >= 11 is 0. The lowest BCUT2D eigenvalue weighted by Gasteiger charge is -2.29. The second-order valence-corrected chi connectivity index (χ2v) is 9.85. The summed E-state index contributed by atoms with van der Waals surface area (Å²) in [7, 11) is -4.03. The van der Waals surface area contributed by atoms with Crippen molar-refractivity contribution < 1.29 is 21.6 Å². The van der Waals surface area contributed by atoms with Gasteiger partial charge in [0.05, 0.1) is 23.5 Å². The number of halogens is 3. The van der Waals surface area contributed by atoms with Crippen LogP contribution in [-0.2, 0) is 10.0 Å². The number of anilines is 1. The molecule has 0 radical (unpaired) electrons. The Kier molecular flexibility index (Phi) is 4.54. The summed E-state index contributed by atoms with van der Waals surface area (Å²) in [5, 5.41) is 3.68. The van der Waals surface area contributed by atoms with Gasteiger partial charge in [-0.05, 0) is 38.5 Å². The summed E-state index contributed by atoms with van der Waals surface area (Å²) < 4.78 is 67.2. The molecular weight excluding hydrogens is 367 g/mol. The number of hydrogen-bond donors (Lipinski definition) is 0. The highest BCUT2D eigenvalue weighted by Gasteiger charge is 2.41. The van der Waals surface area contributed by atoms with Gasteiger partial charge in [0.25, 0.3) is 10.0 Å². The van der Waals surface area contributed by atoms with Crippen molar-refractivity contribution in [3.05, 3.63) is 47.7 Å². The average molecular weight is 387 g/mol. The Morgan fingerprint density at radius 3 is 2.54 bits per heavy atom. The van der Waals surface area contributed by atoms with Crippen molar-refractivity contribution in [2.45, 2.75) is 44.2 Å². The molecule has 142 valence electrons. The van der Waals surface area contributed by atoms with E-state index in [2.05, 4.69) is 5.10 Å². The minimum atomic E-state index is -4.03. The molecular formula is C17H20F3N3O2S. The third-order valence-corrected chi connectivity index (χ3v) is 6.70. The standard InChI is InChI=1S/C17H20F3N3O2S/c1-17(2,3)26(24,25)23-16(14(20)9-21-23)22-10-13(19)8-15(22)11-5-4-6-12(18)7-11/h4-7,9,13,15H,8,10H2,1-3H3/t13-,15+/m0/s1. The van der Waals surface area contributed by atoms with E-state index in [9.17, 15) is 21.6 Å². The topological polar surface area (TPSA) is 55.2 Å². The van der Waals surface area contributed by atoms with Crippen LogP contribution in [0.1, 0.15) is 38.8 Å². The summed E-state index contributed by atoms with van der Waals surface area (Å²) in [6.45, 7) is 4.20. The van der Waals surface area contributed by atoms with Gasteiger partial charge in [-0.3, -0.25) is 0 Å². The lowest BCUT2D eigenvalue weighted by Crippen LogP contribution is -2.37. The molecule has 1 aromatic heterocycles. The second kappa shape index (κ2) is 6.29. The zero-order valence-corrected chi connectivity index (χ0v) is 15.5. The molecule has 1 aliphatic rings. The van der Waals surface area contributed by atoms with Crippen LogP contribution in [0.15, 0.2) is 30.5 Å². The first kappa shape index (κ1) is 18.8. The molecule has 0 spiro atoms. The Labute approximate surface area is 150 Å². The minimum absolute atomic E-state index is 0.00361. The van der Waals surface area contributed by atoms with Crippen LogP contribution in [-0.4, -0.2) is 35.1 Å². The van der Waals surface area contributed by atoms with Crippen molar-refractivity contribution in [2.75, 3.05) is 11.4 Å². The molecule has 1 aromatic carbocycles. The monoisotopic (exact) mass is 387 g/mol. The van der Waals surface area contributed by atoms with Crippen LogP contribution in [0.5, 0.6) is 0 Å². The molecule has 0 saturated carbocycles. The predicted octanol–water partition coefficient (Wildman–Crippen LogP) is 3.43. The SMILES string of the molecule is CC(C)(C)S(=O)(=O)n1ncc(F)c1N1C[C@@H](F)C[C@@H]1c1cccc(F)c1. The van der Waals surface area contributed by atoms with Crippen LogP contribution in [0.3, 0.4) is 0 Å². The lowest BCUT2D eigenvalue weighted by molar-refractivity contribution is 0.356. The fraction of sp³-hybridized carbons (Fsp3) is 0.471. The normalized spacial score (nSPS) is 21.4. The van der Waals surface area contributed by atoms with Crippen LogP contribution >= 0.6 is 0 Å². The van der Waals surface area contributed by atoms with E-state index in [4.69, 9.17) is 0 Å². The van der Waals surface area contributed by atoms with E-state index >= 15 is 0 Å². The minimum Gasteiger partial charge on any atom is -0.343 e. The molecule has 1 fully saturated rings. The van der Waals surface area contributed by atoms with Crippen LogP contribution < -0.4 is 4.90 Å². The lowest BCUT2D eigenvalue weighted by atomic mass is 10.0. The molecule has 2 atom stereocenters. The Morgan fingerprint density at radius 1 is 1.23 bits per heavy atom. The third kappa shape index (κ3) is 3.08. The van der Waals surface area contributed by atoms with E-state index in [0.717, 1.165) is 6.20 Å². The van der Waals surface area contributed by atoms with E-state index < -0.39 is 38.6 Å². The molecule has 0 amide bonds. The highest BCUT2D eigenvalue weighted by molar-refractivity contribution is 7.91. The van der Waals surface area contributed by atoms with E-state index in [1.54, 1.807) is 6.07 Å². The fourth-order valence-electron chi connectivity index (χ4n) is 3.04. The summed E-state index contributed by atoms with van der Waals surface area (Å²) in [4.78, 5) is 1.31. The van der Waals surface area contributed by atoms with Gasteiger partial charge >= 0.3 is 0 Å². The number of rotatable bonds is 3. The van der Waals surface area contributed by atoms with Gasteiger partial charge < -0.3 is 4.90 Å². The molecule has 3 rings (SSSR count). The molecule has 9 heteroatoms. The van der Waals surface area contributed by atoms with Crippen molar-refractivity contribution in [3.63, 3.8) is 0 Å². The van der Waals surface area contributed by atoms with Crippen molar-refractivity contribution in [3.8, 4) is 0 Å². The van der Waals surface area contributed by atoms with Gasteiger partial charge in [-0.2, -0.15) is 5.10 Å². The predicted molar refractivity (Wildman–Crippen MR) is 92.3 cm³/mol. The summed E-state index contributed by atoms with van der Waals surface area (Å²) in [5.41, 5.74) is 0.449. The van der Waals surface area contributed by atoms with E-state index in [-0.39, 0.29) is 18.8 Å². The zero-order chi connectivity index (χ0) is 19.3. The number of aromatic nitrogens is 2. The Bertz CT molecular complexity index is 922. The Morgan fingerprint density at radius 2 is 1.92 bits per heavy atom. The summed E-state index contributed by atoms with van der Waals surface area (Å²) in [5.74, 6) is -1.69. The average Bonchev–Trinajstić information content (AvgIpc) is 3.09. The van der Waals surface area contributed by atoms with Gasteiger partial charge in [0.1, 0.15) is 12.0 Å². The maximum Gasteiger partial charge on any atom is 0.260 e. The number of benzene rings is 1. The smallest absolute Gasteiger partial charge is 0.260 e. The summed E-state index contributed by atoms with van der Waals surface area (Å²) in [6, 6.07) is 4.89. The molecule has 2 heterocycles. The number of alkyl halides is 1. The molecule has 0 bridgehead atoms. The first-order chi connectivity index (χ1) is 12.0. The van der Waals surface area contributed by atoms with E-state index in [1.807, 2.05) is 0 Å². The number of nitrogens with zero attached hydrogens (tertiary/aromatic N) is 3. The Hall–Kier alpha value is -2.03.